The summed E-state index contributed by atoms with van der Waals surface area (Å²) < 4.78 is 103. The molecule has 0 aliphatic rings. The second-order valence-corrected chi connectivity index (χ2v) is 3.67. The van der Waals surface area contributed by atoms with E-state index < -0.39 is 49.8 Å². The first-order chi connectivity index (χ1) is 9.88. The fraction of sp³-hybridized carbons (Fsp3) is 0.600. The van der Waals surface area contributed by atoms with E-state index in [1.807, 2.05) is 0 Å². The first-order valence-corrected chi connectivity index (χ1v) is 5.22. The number of hydrogen-bond acceptors (Lipinski definition) is 4. The first-order valence-electron chi connectivity index (χ1n) is 5.22. The molecule has 0 saturated carbocycles. The number of rotatable bonds is 8. The fourth-order valence-corrected chi connectivity index (χ4v) is 0.693. The zero-order valence-electron chi connectivity index (χ0n) is 10.4. The number of esters is 2. The topological polar surface area (TPSA) is 52.6 Å². The van der Waals surface area contributed by atoms with Crippen LogP contribution < -0.4 is 0 Å². The van der Waals surface area contributed by atoms with Gasteiger partial charge in [0.2, 0.25) is 0 Å². The van der Waals surface area contributed by atoms with Crippen LogP contribution in [-0.2, 0) is 19.1 Å². The molecule has 0 aliphatic carbocycles. The highest BCUT2D eigenvalue weighted by Crippen LogP contribution is 2.23. The Bertz CT molecular complexity index is 383. The van der Waals surface area contributed by atoms with Crippen LogP contribution in [0.3, 0.4) is 0 Å². The van der Waals surface area contributed by atoms with Crippen LogP contribution in [0.15, 0.2) is 12.2 Å². The van der Waals surface area contributed by atoms with Crippen LogP contribution in [0.1, 0.15) is 0 Å². The quantitative estimate of drug-likeness (QED) is 0.386. The van der Waals surface area contributed by atoms with Crippen molar-refractivity contribution in [2.24, 2.45) is 0 Å². The van der Waals surface area contributed by atoms with Gasteiger partial charge in [-0.3, -0.25) is 0 Å². The van der Waals surface area contributed by atoms with Gasteiger partial charge in [0, 0.05) is 12.2 Å². The Kier molecular flexibility index (Phi) is 7.26. The molecule has 0 radical (unpaired) electrons. The van der Waals surface area contributed by atoms with Gasteiger partial charge in [-0.15, -0.1) is 0 Å². The van der Waals surface area contributed by atoms with Crippen molar-refractivity contribution < 1.29 is 54.2 Å². The summed E-state index contributed by atoms with van der Waals surface area (Å²) in [5.74, 6) is -12.6. The highest BCUT2D eigenvalue weighted by atomic mass is 19.3. The molecule has 0 spiro atoms. The lowest BCUT2D eigenvalue weighted by atomic mass is 10.4. The predicted molar refractivity (Wildman–Crippen MR) is 53.0 cm³/mol. The second kappa shape index (κ2) is 7.94. The van der Waals surface area contributed by atoms with E-state index >= 15 is 0 Å². The minimum Gasteiger partial charge on any atom is -0.456 e. The Morgan fingerprint density at radius 2 is 1.05 bits per heavy atom. The lowest BCUT2D eigenvalue weighted by molar-refractivity contribution is -0.177. The zero-order valence-corrected chi connectivity index (χ0v) is 10.4. The monoisotopic (exact) mass is 344 g/mol. The average Bonchev–Trinajstić information content (AvgIpc) is 2.40. The van der Waals surface area contributed by atoms with Gasteiger partial charge >= 0.3 is 36.6 Å². The molecule has 0 rings (SSSR count). The van der Waals surface area contributed by atoms with Gasteiger partial charge in [0.05, 0.1) is 0 Å². The van der Waals surface area contributed by atoms with Crippen molar-refractivity contribution in [3.63, 3.8) is 0 Å². The van der Waals surface area contributed by atoms with E-state index in [-0.39, 0.29) is 12.2 Å². The van der Waals surface area contributed by atoms with Gasteiger partial charge in [-0.1, -0.05) is 0 Å². The Labute approximate surface area is 117 Å². The van der Waals surface area contributed by atoms with E-state index in [1.54, 1.807) is 0 Å². The van der Waals surface area contributed by atoms with Crippen molar-refractivity contribution in [1.82, 2.24) is 0 Å². The molecule has 0 aromatic rings. The Morgan fingerprint density at radius 1 is 0.773 bits per heavy atom. The fourth-order valence-electron chi connectivity index (χ4n) is 0.693. The van der Waals surface area contributed by atoms with Gasteiger partial charge in [-0.2, -0.15) is 17.6 Å². The summed E-state index contributed by atoms with van der Waals surface area (Å²) in [7, 11) is 0. The van der Waals surface area contributed by atoms with Crippen molar-refractivity contribution in [2.75, 3.05) is 13.2 Å². The number of carbonyl (C=O) groups excluding carboxylic acids is 2. The highest BCUT2D eigenvalue weighted by molar-refractivity contribution is 5.91. The van der Waals surface area contributed by atoms with Gasteiger partial charge in [-0.05, 0) is 0 Å². The minimum atomic E-state index is -4.61. The molecule has 0 bridgehead atoms. The molecule has 128 valence electrons. The van der Waals surface area contributed by atoms with E-state index in [1.165, 1.54) is 0 Å². The second-order valence-electron chi connectivity index (χ2n) is 3.67. The maximum absolute atomic E-state index is 12.3. The number of alkyl halides is 8. The highest BCUT2D eigenvalue weighted by Gasteiger charge is 2.43. The third-order valence-electron chi connectivity index (χ3n) is 1.81. The molecule has 0 aromatic carbocycles. The minimum absolute atomic E-state index is 0.115. The standard InChI is InChI=1S/C10H8F8O4/c11-7(12)9(15,16)3-21-5(19)1-2-6(20)22-4-10(17,18)8(13)14/h1-2,7-8H,3-4H2/b2-1+. The van der Waals surface area contributed by atoms with E-state index in [9.17, 15) is 44.7 Å². The molecule has 0 fully saturated rings. The van der Waals surface area contributed by atoms with Crippen LogP contribution in [0.5, 0.6) is 0 Å². The van der Waals surface area contributed by atoms with Crippen molar-refractivity contribution >= 4 is 11.9 Å². The number of carbonyl (C=O) groups is 2. The average molecular weight is 344 g/mol. The maximum Gasteiger partial charge on any atom is 0.340 e. The Hall–Kier alpha value is -1.88. The van der Waals surface area contributed by atoms with Crippen molar-refractivity contribution in [2.45, 2.75) is 24.7 Å². The van der Waals surface area contributed by atoms with Crippen LogP contribution in [0.4, 0.5) is 35.1 Å². The number of hydrogen-bond donors (Lipinski definition) is 0. The van der Waals surface area contributed by atoms with Crippen molar-refractivity contribution in [3.05, 3.63) is 12.2 Å². The van der Waals surface area contributed by atoms with Crippen LogP contribution in [-0.4, -0.2) is 49.8 Å². The van der Waals surface area contributed by atoms with E-state index in [4.69, 9.17) is 0 Å². The molecule has 0 aromatic heterocycles. The van der Waals surface area contributed by atoms with Crippen LogP contribution in [0.25, 0.3) is 0 Å². The third kappa shape index (κ3) is 7.22. The summed E-state index contributed by atoms with van der Waals surface area (Å²) in [6.07, 6.45) is -7.95. The SMILES string of the molecule is O=C(/C=C/C(=O)OCC(F)(F)C(F)F)OCC(F)(F)C(F)F. The molecule has 0 atom stereocenters. The molecule has 0 heterocycles. The van der Waals surface area contributed by atoms with Gasteiger partial charge in [-0.25, -0.2) is 27.2 Å². The molecule has 0 aliphatic heterocycles. The van der Waals surface area contributed by atoms with Gasteiger partial charge in [0.25, 0.3) is 0 Å². The maximum atomic E-state index is 12.3. The summed E-state index contributed by atoms with van der Waals surface area (Å²) in [6.45, 7) is -3.96. The summed E-state index contributed by atoms with van der Waals surface area (Å²) in [5, 5.41) is 0. The lowest BCUT2D eigenvalue weighted by Crippen LogP contribution is -2.33. The summed E-state index contributed by atoms with van der Waals surface area (Å²) in [4.78, 5) is 21.5. The normalized spacial score (nSPS) is 13.0. The first kappa shape index (κ1) is 20.1. The zero-order chi connectivity index (χ0) is 17.6. The largest absolute Gasteiger partial charge is 0.456 e. The number of halogens is 8. The smallest absolute Gasteiger partial charge is 0.340 e. The van der Waals surface area contributed by atoms with Crippen LogP contribution in [0, 0.1) is 0 Å². The van der Waals surface area contributed by atoms with Crippen molar-refractivity contribution in [1.29, 1.82) is 0 Å². The summed E-state index contributed by atoms with van der Waals surface area (Å²) in [6, 6.07) is 0. The predicted octanol–water partition coefficient (Wildman–Crippen LogP) is 2.43. The molecule has 12 heteroatoms. The molecule has 0 unspecified atom stereocenters. The molecular formula is C10H8F8O4. The number of ether oxygens (including phenoxy) is 2. The molecule has 4 nitrogen and oxygen atoms in total. The van der Waals surface area contributed by atoms with Gasteiger partial charge < -0.3 is 9.47 Å². The molecule has 0 N–H and O–H groups in total. The Morgan fingerprint density at radius 3 is 1.27 bits per heavy atom. The van der Waals surface area contributed by atoms with Crippen LogP contribution >= 0.6 is 0 Å². The van der Waals surface area contributed by atoms with E-state index in [0.29, 0.717) is 0 Å². The molecule has 22 heavy (non-hydrogen) atoms. The van der Waals surface area contributed by atoms with E-state index in [0.717, 1.165) is 0 Å². The summed E-state index contributed by atoms with van der Waals surface area (Å²) >= 11 is 0. The van der Waals surface area contributed by atoms with Crippen LogP contribution in [0.2, 0.25) is 0 Å². The Balaban J connectivity index is 4.26. The summed E-state index contributed by atoms with van der Waals surface area (Å²) in [5.41, 5.74) is 0. The molecule has 0 saturated heterocycles. The molecular weight excluding hydrogens is 336 g/mol. The lowest BCUT2D eigenvalue weighted by Gasteiger charge is -2.14. The van der Waals surface area contributed by atoms with Gasteiger partial charge in [0.1, 0.15) is 0 Å². The van der Waals surface area contributed by atoms with Crippen molar-refractivity contribution in [3.8, 4) is 0 Å². The van der Waals surface area contributed by atoms with Gasteiger partial charge in [0.15, 0.2) is 13.2 Å². The molecule has 0 amide bonds. The van der Waals surface area contributed by atoms with E-state index in [2.05, 4.69) is 9.47 Å². The third-order valence-corrected chi connectivity index (χ3v) is 1.81.